The molecular weight excluding hydrogens is 444 g/mol. The highest BCUT2D eigenvalue weighted by molar-refractivity contribution is 8.18. The van der Waals surface area contributed by atoms with Gasteiger partial charge in [0, 0.05) is 43.4 Å². The van der Waals surface area contributed by atoms with E-state index in [0.29, 0.717) is 4.91 Å². The summed E-state index contributed by atoms with van der Waals surface area (Å²) in [7, 11) is 0. The number of pyridine rings is 1. The Morgan fingerprint density at radius 2 is 1.85 bits per heavy atom. The first-order valence-corrected chi connectivity index (χ1v) is 12.6. The van der Waals surface area contributed by atoms with Gasteiger partial charge in [-0.2, -0.15) is 0 Å². The summed E-state index contributed by atoms with van der Waals surface area (Å²) in [5.74, 6) is -0.356. The van der Waals surface area contributed by atoms with Crippen molar-refractivity contribution >= 4 is 45.6 Å². The van der Waals surface area contributed by atoms with E-state index in [1.807, 2.05) is 18.2 Å². The summed E-state index contributed by atoms with van der Waals surface area (Å²) in [4.78, 5) is 33.4. The number of unbranched alkanes of at least 4 members (excludes halogenated alkanes) is 1. The van der Waals surface area contributed by atoms with Crippen LogP contribution >= 0.6 is 11.8 Å². The van der Waals surface area contributed by atoms with Gasteiger partial charge in [0.05, 0.1) is 10.4 Å². The van der Waals surface area contributed by atoms with E-state index < -0.39 is 0 Å². The lowest BCUT2D eigenvalue weighted by atomic mass is 9.99. The Morgan fingerprint density at radius 3 is 2.56 bits per heavy atom. The number of thioether (sulfide) groups is 1. The molecule has 3 heterocycles. The van der Waals surface area contributed by atoms with Crippen LogP contribution in [0.3, 0.4) is 0 Å². The molecule has 2 aliphatic rings. The molecule has 0 spiro atoms. The zero-order chi connectivity index (χ0) is 23.5. The van der Waals surface area contributed by atoms with Crippen molar-refractivity contribution in [2.24, 2.45) is 0 Å². The number of benzene rings is 2. The van der Waals surface area contributed by atoms with Gasteiger partial charge in [-0.25, -0.2) is 0 Å². The predicted molar refractivity (Wildman–Crippen MR) is 140 cm³/mol. The molecule has 2 fully saturated rings. The predicted octanol–water partition coefficient (Wildman–Crippen LogP) is 5.15. The number of amides is 2. The molecule has 0 aliphatic carbocycles. The average molecular weight is 473 g/mol. The topological polar surface area (TPSA) is 65.5 Å². The molecular formula is C27H28N4O2S. The summed E-state index contributed by atoms with van der Waals surface area (Å²) >= 11 is 0.919. The first kappa shape index (κ1) is 22.6. The molecule has 0 saturated carbocycles. The largest absolute Gasteiger partial charge is 0.369 e. The molecule has 0 radical (unpaired) electrons. The molecule has 5 rings (SSSR count). The SMILES string of the molecule is CCCCN1CCN(c2ccc(-c3cccc4ncc(C=C5SC(=O)NC5=O)cc34)cc2)CC1. The second-order valence-electron chi connectivity index (χ2n) is 8.72. The number of nitrogens with one attached hydrogen (secondary N) is 1. The number of anilines is 1. The summed E-state index contributed by atoms with van der Waals surface area (Å²) < 4.78 is 0. The van der Waals surface area contributed by atoms with Crippen molar-refractivity contribution in [2.45, 2.75) is 19.8 Å². The highest BCUT2D eigenvalue weighted by Gasteiger charge is 2.25. The lowest BCUT2D eigenvalue weighted by molar-refractivity contribution is -0.115. The molecule has 1 N–H and O–H groups in total. The van der Waals surface area contributed by atoms with Gasteiger partial charge in [0.25, 0.3) is 11.1 Å². The van der Waals surface area contributed by atoms with E-state index in [1.54, 1.807) is 12.3 Å². The van der Waals surface area contributed by atoms with Crippen molar-refractivity contribution in [3.05, 3.63) is 65.2 Å². The van der Waals surface area contributed by atoms with Crippen LogP contribution in [0.5, 0.6) is 0 Å². The van der Waals surface area contributed by atoms with E-state index in [9.17, 15) is 9.59 Å². The highest BCUT2D eigenvalue weighted by Crippen LogP contribution is 2.32. The number of hydrogen-bond acceptors (Lipinski definition) is 6. The van der Waals surface area contributed by atoms with Gasteiger partial charge in [-0.1, -0.05) is 37.6 Å². The fourth-order valence-electron chi connectivity index (χ4n) is 4.53. The number of rotatable bonds is 6. The van der Waals surface area contributed by atoms with Crippen LogP contribution < -0.4 is 10.2 Å². The lowest BCUT2D eigenvalue weighted by Crippen LogP contribution is -2.46. The number of carbonyl (C=O) groups is 2. The van der Waals surface area contributed by atoms with Crippen molar-refractivity contribution in [3.63, 3.8) is 0 Å². The minimum Gasteiger partial charge on any atom is -0.369 e. The number of carbonyl (C=O) groups excluding carboxylic acids is 2. The quantitative estimate of drug-likeness (QED) is 0.501. The average Bonchev–Trinajstić information content (AvgIpc) is 3.19. The van der Waals surface area contributed by atoms with Crippen LogP contribution in [-0.4, -0.2) is 53.8 Å². The molecule has 2 aromatic carbocycles. The first-order valence-electron chi connectivity index (χ1n) is 11.8. The van der Waals surface area contributed by atoms with Crippen LogP contribution in [0.1, 0.15) is 25.3 Å². The van der Waals surface area contributed by atoms with Gasteiger partial charge in [0.1, 0.15) is 0 Å². The van der Waals surface area contributed by atoms with Gasteiger partial charge in [-0.05, 0) is 71.8 Å². The van der Waals surface area contributed by atoms with E-state index >= 15 is 0 Å². The molecule has 0 unspecified atom stereocenters. The van der Waals surface area contributed by atoms with Crippen molar-refractivity contribution in [1.29, 1.82) is 0 Å². The second-order valence-corrected chi connectivity index (χ2v) is 9.74. The molecule has 2 amide bonds. The molecule has 2 aliphatic heterocycles. The number of aromatic nitrogens is 1. The molecule has 0 bridgehead atoms. The number of nitrogens with zero attached hydrogens (tertiary/aromatic N) is 3. The number of imide groups is 1. The maximum atomic E-state index is 11.9. The third-order valence-corrected chi connectivity index (χ3v) is 7.24. The van der Waals surface area contributed by atoms with Gasteiger partial charge in [-0.15, -0.1) is 0 Å². The Labute approximate surface area is 204 Å². The van der Waals surface area contributed by atoms with Crippen molar-refractivity contribution in [2.75, 3.05) is 37.6 Å². The molecule has 34 heavy (non-hydrogen) atoms. The van der Waals surface area contributed by atoms with Crippen molar-refractivity contribution in [3.8, 4) is 11.1 Å². The van der Waals surface area contributed by atoms with Gasteiger partial charge >= 0.3 is 0 Å². The monoisotopic (exact) mass is 472 g/mol. The van der Waals surface area contributed by atoms with Crippen molar-refractivity contribution in [1.82, 2.24) is 15.2 Å². The van der Waals surface area contributed by atoms with Gasteiger partial charge in [-0.3, -0.25) is 24.8 Å². The minimum absolute atomic E-state index is 0.340. The Kier molecular flexibility index (Phi) is 6.65. The van der Waals surface area contributed by atoms with Crippen LogP contribution in [0.25, 0.3) is 28.1 Å². The lowest BCUT2D eigenvalue weighted by Gasteiger charge is -2.36. The van der Waals surface area contributed by atoms with Crippen LogP contribution in [0.4, 0.5) is 10.5 Å². The standard InChI is InChI=1S/C27H28N4O2S/c1-2-3-11-30-12-14-31(15-13-30)21-9-7-20(8-10-21)22-5-4-6-24-23(22)16-19(18-28-24)17-25-26(32)29-27(33)34-25/h4-10,16-18H,2-3,11-15H2,1H3,(H,29,32,33). The van der Waals surface area contributed by atoms with E-state index in [0.717, 1.165) is 65.5 Å². The first-order chi connectivity index (χ1) is 16.6. The van der Waals surface area contributed by atoms with Gasteiger partial charge in [0.15, 0.2) is 0 Å². The minimum atomic E-state index is -0.356. The van der Waals surface area contributed by atoms with Crippen LogP contribution in [0.2, 0.25) is 0 Å². The maximum absolute atomic E-state index is 11.9. The maximum Gasteiger partial charge on any atom is 0.290 e. The molecule has 7 heteroatoms. The van der Waals surface area contributed by atoms with Gasteiger partial charge < -0.3 is 4.90 Å². The van der Waals surface area contributed by atoms with E-state index in [2.05, 4.69) is 57.4 Å². The summed E-state index contributed by atoms with van der Waals surface area (Å²) in [6.07, 6.45) is 5.98. The molecule has 0 atom stereocenters. The third-order valence-electron chi connectivity index (χ3n) is 6.43. The fraction of sp³-hybridized carbons (Fsp3) is 0.296. The Bertz CT molecular complexity index is 1250. The van der Waals surface area contributed by atoms with E-state index in [-0.39, 0.29) is 11.1 Å². The van der Waals surface area contributed by atoms with Crippen LogP contribution in [0.15, 0.2) is 59.6 Å². The highest BCUT2D eigenvalue weighted by atomic mass is 32.2. The second kappa shape index (κ2) is 9.99. The van der Waals surface area contributed by atoms with Crippen LogP contribution in [-0.2, 0) is 4.79 Å². The van der Waals surface area contributed by atoms with E-state index in [1.165, 1.54) is 25.1 Å². The summed E-state index contributed by atoms with van der Waals surface area (Å²) in [6.45, 7) is 7.82. The smallest absolute Gasteiger partial charge is 0.290 e. The van der Waals surface area contributed by atoms with Crippen molar-refractivity contribution < 1.29 is 9.59 Å². The Balaban J connectivity index is 1.37. The summed E-state index contributed by atoms with van der Waals surface area (Å²) in [5, 5.41) is 2.97. The van der Waals surface area contributed by atoms with Crippen LogP contribution in [0, 0.1) is 0 Å². The molecule has 3 aromatic rings. The summed E-state index contributed by atoms with van der Waals surface area (Å²) in [6, 6.07) is 16.9. The number of fused-ring (bicyclic) bond motifs is 1. The number of hydrogen-bond donors (Lipinski definition) is 1. The van der Waals surface area contributed by atoms with Gasteiger partial charge in [0.2, 0.25) is 0 Å². The number of piperazine rings is 1. The Hall–Kier alpha value is -3.16. The molecule has 6 nitrogen and oxygen atoms in total. The molecule has 1 aromatic heterocycles. The fourth-order valence-corrected chi connectivity index (χ4v) is 5.21. The molecule has 2 saturated heterocycles. The third kappa shape index (κ3) is 4.86. The molecule has 174 valence electrons. The normalized spacial score (nSPS) is 18.1. The van der Waals surface area contributed by atoms with E-state index in [4.69, 9.17) is 0 Å². The summed E-state index contributed by atoms with van der Waals surface area (Å²) in [5.41, 5.74) is 5.18. The Morgan fingerprint density at radius 1 is 1.06 bits per heavy atom. The zero-order valence-corrected chi connectivity index (χ0v) is 20.1. The zero-order valence-electron chi connectivity index (χ0n) is 19.3.